The average molecular weight is 494 g/mol. The molecule has 1 aliphatic carbocycles. The van der Waals surface area contributed by atoms with Crippen LogP contribution in [0, 0.1) is 17.2 Å². The van der Waals surface area contributed by atoms with Crippen molar-refractivity contribution >= 4 is 40.2 Å². The SMILES string of the molecule is N#CCOC1=CCC([C@H]2c3[nH]c4ccc(Cl)cc4c3CCN2C(=O)Oc2ccc(Cl)cc2)C=C1. The van der Waals surface area contributed by atoms with E-state index in [1.54, 1.807) is 29.2 Å². The molecule has 2 aliphatic rings. The van der Waals surface area contributed by atoms with Gasteiger partial charge in [-0.2, -0.15) is 5.26 Å². The molecule has 2 aromatic carbocycles. The first-order valence-corrected chi connectivity index (χ1v) is 11.7. The third-order valence-electron chi connectivity index (χ3n) is 6.20. The molecule has 1 N–H and O–H groups in total. The van der Waals surface area contributed by atoms with E-state index in [1.807, 2.05) is 42.5 Å². The van der Waals surface area contributed by atoms with E-state index in [9.17, 15) is 4.79 Å². The normalized spacial score (nSPS) is 19.3. The summed E-state index contributed by atoms with van der Waals surface area (Å²) < 4.78 is 11.1. The molecule has 0 saturated heterocycles. The first kappa shape index (κ1) is 22.4. The van der Waals surface area contributed by atoms with Crippen LogP contribution in [0.15, 0.2) is 66.5 Å². The minimum absolute atomic E-state index is 0.00324. The highest BCUT2D eigenvalue weighted by molar-refractivity contribution is 6.31. The molecule has 3 aromatic rings. The number of aromatic nitrogens is 1. The molecule has 0 radical (unpaired) electrons. The van der Waals surface area contributed by atoms with Gasteiger partial charge in [-0.1, -0.05) is 29.3 Å². The Balaban J connectivity index is 1.49. The van der Waals surface area contributed by atoms with Crippen molar-refractivity contribution < 1.29 is 14.3 Å². The van der Waals surface area contributed by atoms with Gasteiger partial charge >= 0.3 is 6.09 Å². The van der Waals surface area contributed by atoms with Gasteiger partial charge in [0.25, 0.3) is 0 Å². The highest BCUT2D eigenvalue weighted by Crippen LogP contribution is 2.42. The lowest BCUT2D eigenvalue weighted by atomic mass is 9.84. The Labute approximate surface area is 207 Å². The maximum absolute atomic E-state index is 13.3. The fourth-order valence-electron chi connectivity index (χ4n) is 4.68. The molecule has 34 heavy (non-hydrogen) atoms. The second-order valence-corrected chi connectivity index (χ2v) is 9.10. The Kier molecular flexibility index (Phi) is 6.23. The Hall–Kier alpha value is -3.40. The van der Waals surface area contributed by atoms with Crippen LogP contribution in [0.1, 0.15) is 23.7 Å². The van der Waals surface area contributed by atoms with Gasteiger partial charge < -0.3 is 14.5 Å². The van der Waals surface area contributed by atoms with Crippen molar-refractivity contribution in [2.24, 2.45) is 5.92 Å². The molecule has 1 amide bonds. The van der Waals surface area contributed by atoms with Crippen LogP contribution in [-0.2, 0) is 11.2 Å². The number of allylic oxidation sites excluding steroid dienone is 2. The zero-order chi connectivity index (χ0) is 23.7. The molecule has 8 heteroatoms. The molecule has 1 unspecified atom stereocenters. The second-order valence-electron chi connectivity index (χ2n) is 8.23. The summed E-state index contributed by atoms with van der Waals surface area (Å²) in [5, 5.41) is 11.1. The van der Waals surface area contributed by atoms with Crippen molar-refractivity contribution in [2.45, 2.75) is 18.9 Å². The maximum Gasteiger partial charge on any atom is 0.415 e. The molecule has 2 heterocycles. The van der Waals surface area contributed by atoms with E-state index in [4.69, 9.17) is 37.9 Å². The van der Waals surface area contributed by atoms with Gasteiger partial charge in [0.15, 0.2) is 6.61 Å². The zero-order valence-electron chi connectivity index (χ0n) is 18.1. The van der Waals surface area contributed by atoms with Crippen LogP contribution in [0.2, 0.25) is 10.0 Å². The summed E-state index contributed by atoms with van der Waals surface area (Å²) in [6.45, 7) is 0.506. The first-order chi connectivity index (χ1) is 16.5. The Bertz CT molecular complexity index is 1340. The van der Waals surface area contributed by atoms with Gasteiger partial charge in [0.05, 0.1) is 6.04 Å². The minimum atomic E-state index is -0.418. The molecular formula is C26H21Cl2N3O3. The molecule has 0 spiro atoms. The number of hydrogen-bond donors (Lipinski definition) is 1. The fraction of sp³-hybridized carbons (Fsp3) is 0.231. The number of amides is 1. The van der Waals surface area contributed by atoms with Gasteiger partial charge in [-0.15, -0.1) is 0 Å². The number of aromatic amines is 1. The van der Waals surface area contributed by atoms with E-state index in [0.717, 1.165) is 16.6 Å². The fourth-order valence-corrected chi connectivity index (χ4v) is 4.97. The molecule has 6 nitrogen and oxygen atoms in total. The summed E-state index contributed by atoms with van der Waals surface area (Å²) in [5.41, 5.74) is 3.14. The van der Waals surface area contributed by atoms with Crippen molar-refractivity contribution in [1.82, 2.24) is 9.88 Å². The molecule has 1 aromatic heterocycles. The number of rotatable bonds is 4. The van der Waals surface area contributed by atoms with Gasteiger partial charge in [-0.05, 0) is 73.0 Å². The predicted octanol–water partition coefficient (Wildman–Crippen LogP) is 6.57. The predicted molar refractivity (Wildman–Crippen MR) is 131 cm³/mol. The lowest BCUT2D eigenvalue weighted by Gasteiger charge is -2.39. The molecule has 0 fully saturated rings. The summed E-state index contributed by atoms with van der Waals surface area (Å²) in [5.74, 6) is 1.09. The maximum atomic E-state index is 13.3. The van der Waals surface area contributed by atoms with Crippen molar-refractivity contribution in [2.75, 3.05) is 13.2 Å². The number of hydrogen-bond acceptors (Lipinski definition) is 4. The summed E-state index contributed by atoms with van der Waals surface area (Å²) in [6, 6.07) is 14.2. The molecule has 0 bridgehead atoms. The summed E-state index contributed by atoms with van der Waals surface area (Å²) >= 11 is 12.2. The number of H-pyrrole nitrogens is 1. The minimum Gasteiger partial charge on any atom is -0.479 e. The number of nitrogens with one attached hydrogen (secondary N) is 1. The molecule has 2 atom stereocenters. The number of nitriles is 1. The van der Waals surface area contributed by atoms with E-state index >= 15 is 0 Å². The monoisotopic (exact) mass is 493 g/mol. The number of fused-ring (bicyclic) bond motifs is 3. The smallest absolute Gasteiger partial charge is 0.415 e. The van der Waals surface area contributed by atoms with Gasteiger partial charge in [-0.25, -0.2) is 4.79 Å². The van der Waals surface area contributed by atoms with Gasteiger partial charge in [0.1, 0.15) is 17.6 Å². The van der Waals surface area contributed by atoms with Crippen LogP contribution in [0.25, 0.3) is 10.9 Å². The Morgan fingerprint density at radius 3 is 2.71 bits per heavy atom. The lowest BCUT2D eigenvalue weighted by molar-refractivity contribution is 0.111. The summed E-state index contributed by atoms with van der Waals surface area (Å²) in [4.78, 5) is 18.6. The Morgan fingerprint density at radius 1 is 1.18 bits per heavy atom. The summed E-state index contributed by atoms with van der Waals surface area (Å²) in [7, 11) is 0. The molecule has 172 valence electrons. The number of ether oxygens (including phenoxy) is 2. The average Bonchev–Trinajstić information content (AvgIpc) is 3.21. The standard InChI is InChI=1S/C26H21Cl2N3O3/c27-17-3-8-20(9-4-17)34-26(32)31-13-11-21-22-15-18(28)5-10-23(22)30-24(21)25(31)16-1-6-19(7-2-16)33-14-12-29/h1,3-10,15-16,25,30H,2,11,13-14H2/t16?,25-/m0/s1. The van der Waals surface area contributed by atoms with Crippen LogP contribution in [0.4, 0.5) is 4.79 Å². The number of benzene rings is 2. The van der Waals surface area contributed by atoms with Crippen LogP contribution >= 0.6 is 23.2 Å². The second kappa shape index (κ2) is 9.46. The molecule has 5 rings (SSSR count). The van der Waals surface area contributed by atoms with E-state index < -0.39 is 6.09 Å². The third-order valence-corrected chi connectivity index (χ3v) is 6.68. The van der Waals surface area contributed by atoms with Crippen molar-refractivity contribution in [3.05, 3.63) is 87.8 Å². The van der Waals surface area contributed by atoms with Crippen molar-refractivity contribution in [3.63, 3.8) is 0 Å². The highest BCUT2D eigenvalue weighted by Gasteiger charge is 2.39. The van der Waals surface area contributed by atoms with Gasteiger partial charge in [0.2, 0.25) is 0 Å². The van der Waals surface area contributed by atoms with E-state index in [2.05, 4.69) is 4.98 Å². The van der Waals surface area contributed by atoms with Gasteiger partial charge in [0, 0.05) is 39.1 Å². The lowest BCUT2D eigenvalue weighted by Crippen LogP contribution is -2.44. The topological polar surface area (TPSA) is 78.4 Å². The molecule has 0 saturated carbocycles. The summed E-state index contributed by atoms with van der Waals surface area (Å²) in [6.07, 6.45) is 6.78. The van der Waals surface area contributed by atoms with Crippen LogP contribution < -0.4 is 4.74 Å². The van der Waals surface area contributed by atoms with E-state index in [-0.39, 0.29) is 18.6 Å². The quantitative estimate of drug-likeness (QED) is 0.445. The van der Waals surface area contributed by atoms with E-state index in [0.29, 0.717) is 40.9 Å². The van der Waals surface area contributed by atoms with Crippen LogP contribution in [0.5, 0.6) is 5.75 Å². The Morgan fingerprint density at radius 2 is 1.97 bits per heavy atom. The van der Waals surface area contributed by atoms with Crippen LogP contribution in [-0.4, -0.2) is 29.1 Å². The number of nitrogens with zero attached hydrogens (tertiary/aromatic N) is 2. The first-order valence-electron chi connectivity index (χ1n) is 11.0. The van der Waals surface area contributed by atoms with Crippen LogP contribution in [0.3, 0.4) is 0 Å². The zero-order valence-corrected chi connectivity index (χ0v) is 19.6. The van der Waals surface area contributed by atoms with E-state index in [1.165, 1.54) is 5.56 Å². The number of halogens is 2. The number of carbonyl (C=O) groups is 1. The molecular weight excluding hydrogens is 473 g/mol. The number of carbonyl (C=O) groups excluding carboxylic acids is 1. The van der Waals surface area contributed by atoms with Crippen molar-refractivity contribution in [3.8, 4) is 11.8 Å². The molecule has 1 aliphatic heterocycles. The third kappa shape index (κ3) is 4.37. The van der Waals surface area contributed by atoms with Crippen molar-refractivity contribution in [1.29, 1.82) is 5.26 Å². The largest absolute Gasteiger partial charge is 0.479 e. The van der Waals surface area contributed by atoms with Gasteiger partial charge in [-0.3, -0.25) is 4.90 Å². The highest BCUT2D eigenvalue weighted by atomic mass is 35.5.